The fraction of sp³-hybridized carbons (Fsp3) is 0.333. The minimum atomic E-state index is -0.499. The van der Waals surface area contributed by atoms with Crippen molar-refractivity contribution >= 4 is 11.8 Å². The molecule has 0 spiro atoms. The molecule has 0 aliphatic heterocycles. The van der Waals surface area contributed by atoms with Crippen LogP contribution in [0.5, 0.6) is 0 Å². The molecule has 1 atom stereocenters. The van der Waals surface area contributed by atoms with E-state index >= 15 is 0 Å². The van der Waals surface area contributed by atoms with Gasteiger partial charge in [0.05, 0.1) is 0 Å². The second kappa shape index (κ2) is 5.90. The highest BCUT2D eigenvalue weighted by atomic mass is 16.2. The van der Waals surface area contributed by atoms with Crippen molar-refractivity contribution in [1.82, 2.24) is 10.6 Å². The summed E-state index contributed by atoms with van der Waals surface area (Å²) in [6.45, 7) is 3.52. The molecule has 2 N–H and O–H groups in total. The molecule has 0 saturated heterocycles. The number of amides is 2. The van der Waals surface area contributed by atoms with E-state index in [1.54, 1.807) is 6.92 Å². The van der Waals surface area contributed by atoms with E-state index in [1.165, 1.54) is 6.92 Å². The van der Waals surface area contributed by atoms with Crippen LogP contribution in [-0.4, -0.2) is 17.9 Å². The number of benzene rings is 1. The summed E-state index contributed by atoms with van der Waals surface area (Å²) < 4.78 is 0. The van der Waals surface area contributed by atoms with Gasteiger partial charge < -0.3 is 10.6 Å². The highest BCUT2D eigenvalue weighted by molar-refractivity contribution is 5.86. The van der Waals surface area contributed by atoms with Crippen molar-refractivity contribution in [3.8, 4) is 0 Å². The highest BCUT2D eigenvalue weighted by Crippen LogP contribution is 1.97. The van der Waals surface area contributed by atoms with Gasteiger partial charge in [0.15, 0.2) is 0 Å². The number of carbonyl (C=O) groups excluding carboxylic acids is 2. The monoisotopic (exact) mass is 220 g/mol. The summed E-state index contributed by atoms with van der Waals surface area (Å²) >= 11 is 0. The molecule has 0 heterocycles. The number of rotatable bonds is 4. The molecule has 0 radical (unpaired) electrons. The Hall–Kier alpha value is -1.84. The van der Waals surface area contributed by atoms with Gasteiger partial charge in [-0.15, -0.1) is 0 Å². The Labute approximate surface area is 95.0 Å². The molecule has 2 amide bonds. The van der Waals surface area contributed by atoms with Gasteiger partial charge in [0.25, 0.3) is 0 Å². The SMILES string of the molecule is CC(=O)N[C@H](C)C(=O)NCc1ccccc1. The molecule has 1 rings (SSSR count). The third-order valence-corrected chi connectivity index (χ3v) is 2.12. The van der Waals surface area contributed by atoms with Crippen molar-refractivity contribution < 1.29 is 9.59 Å². The second-order valence-corrected chi connectivity index (χ2v) is 3.63. The van der Waals surface area contributed by atoms with Crippen LogP contribution in [0.2, 0.25) is 0 Å². The summed E-state index contributed by atoms with van der Waals surface area (Å²) in [5, 5.41) is 5.28. The highest BCUT2D eigenvalue weighted by Gasteiger charge is 2.12. The molecule has 16 heavy (non-hydrogen) atoms. The van der Waals surface area contributed by atoms with Crippen LogP contribution in [0.25, 0.3) is 0 Å². The van der Waals surface area contributed by atoms with E-state index in [1.807, 2.05) is 30.3 Å². The molecule has 4 nitrogen and oxygen atoms in total. The van der Waals surface area contributed by atoms with Crippen molar-refractivity contribution in [1.29, 1.82) is 0 Å². The maximum Gasteiger partial charge on any atom is 0.242 e. The topological polar surface area (TPSA) is 58.2 Å². The fourth-order valence-corrected chi connectivity index (χ4v) is 1.31. The quantitative estimate of drug-likeness (QED) is 0.789. The summed E-state index contributed by atoms with van der Waals surface area (Å²) in [6, 6.07) is 9.12. The summed E-state index contributed by atoms with van der Waals surface area (Å²) in [5.74, 6) is -0.388. The number of hydrogen-bond acceptors (Lipinski definition) is 2. The average molecular weight is 220 g/mol. The normalized spacial score (nSPS) is 11.6. The summed E-state index contributed by atoms with van der Waals surface area (Å²) in [5.41, 5.74) is 1.03. The van der Waals surface area contributed by atoms with E-state index in [0.717, 1.165) is 5.56 Å². The first-order chi connectivity index (χ1) is 7.59. The first kappa shape index (κ1) is 12.2. The molecule has 1 aromatic rings. The van der Waals surface area contributed by atoms with Crippen LogP contribution in [0.15, 0.2) is 30.3 Å². The first-order valence-corrected chi connectivity index (χ1v) is 5.18. The molecule has 0 fully saturated rings. The van der Waals surface area contributed by atoms with Crippen molar-refractivity contribution in [3.05, 3.63) is 35.9 Å². The minimum Gasteiger partial charge on any atom is -0.350 e. The van der Waals surface area contributed by atoms with E-state index in [0.29, 0.717) is 6.54 Å². The Morgan fingerprint density at radius 2 is 1.88 bits per heavy atom. The lowest BCUT2D eigenvalue weighted by Crippen LogP contribution is -2.43. The molecule has 0 unspecified atom stereocenters. The molecule has 4 heteroatoms. The molecule has 0 aromatic heterocycles. The van der Waals surface area contributed by atoms with Crippen molar-refractivity contribution in [3.63, 3.8) is 0 Å². The molecule has 0 saturated carbocycles. The first-order valence-electron chi connectivity index (χ1n) is 5.18. The molecule has 1 aromatic carbocycles. The second-order valence-electron chi connectivity index (χ2n) is 3.63. The smallest absolute Gasteiger partial charge is 0.242 e. The maximum atomic E-state index is 11.5. The molecular formula is C12H16N2O2. The van der Waals surface area contributed by atoms with E-state index in [-0.39, 0.29) is 11.8 Å². The number of carbonyl (C=O) groups is 2. The van der Waals surface area contributed by atoms with Crippen molar-refractivity contribution in [2.24, 2.45) is 0 Å². The van der Waals surface area contributed by atoms with Crippen molar-refractivity contribution in [2.75, 3.05) is 0 Å². The average Bonchev–Trinajstić information content (AvgIpc) is 2.26. The molecule has 0 aliphatic rings. The van der Waals surface area contributed by atoms with Crippen LogP contribution in [0.3, 0.4) is 0 Å². The Balaban J connectivity index is 2.38. The fourth-order valence-electron chi connectivity index (χ4n) is 1.31. The van der Waals surface area contributed by atoms with Gasteiger partial charge >= 0.3 is 0 Å². The zero-order valence-corrected chi connectivity index (χ0v) is 9.49. The van der Waals surface area contributed by atoms with Crippen LogP contribution in [-0.2, 0) is 16.1 Å². The van der Waals surface area contributed by atoms with E-state index in [9.17, 15) is 9.59 Å². The lowest BCUT2D eigenvalue weighted by Gasteiger charge is -2.12. The predicted molar refractivity (Wildman–Crippen MR) is 61.6 cm³/mol. The molecular weight excluding hydrogens is 204 g/mol. The molecule has 86 valence electrons. The summed E-state index contributed by atoms with van der Waals surface area (Å²) in [7, 11) is 0. The van der Waals surface area contributed by atoms with Crippen LogP contribution in [0.1, 0.15) is 19.4 Å². The molecule has 0 aliphatic carbocycles. The van der Waals surface area contributed by atoms with Gasteiger partial charge in [0, 0.05) is 13.5 Å². The van der Waals surface area contributed by atoms with E-state index in [4.69, 9.17) is 0 Å². The van der Waals surface area contributed by atoms with Crippen LogP contribution < -0.4 is 10.6 Å². The summed E-state index contributed by atoms with van der Waals surface area (Å²) in [4.78, 5) is 22.3. The van der Waals surface area contributed by atoms with E-state index in [2.05, 4.69) is 10.6 Å². The molecule has 0 bridgehead atoms. The number of hydrogen-bond donors (Lipinski definition) is 2. The lowest BCUT2D eigenvalue weighted by molar-refractivity contribution is -0.127. The predicted octanol–water partition coefficient (Wildman–Crippen LogP) is 0.827. The Kier molecular flexibility index (Phi) is 4.51. The van der Waals surface area contributed by atoms with Crippen molar-refractivity contribution in [2.45, 2.75) is 26.4 Å². The summed E-state index contributed by atoms with van der Waals surface area (Å²) in [6.07, 6.45) is 0. The van der Waals surface area contributed by atoms with Gasteiger partial charge in [-0.1, -0.05) is 30.3 Å². The van der Waals surface area contributed by atoms with Crippen LogP contribution >= 0.6 is 0 Å². The van der Waals surface area contributed by atoms with Gasteiger partial charge in [-0.3, -0.25) is 9.59 Å². The van der Waals surface area contributed by atoms with Gasteiger partial charge in [-0.25, -0.2) is 0 Å². The van der Waals surface area contributed by atoms with Crippen LogP contribution in [0, 0.1) is 0 Å². The zero-order chi connectivity index (χ0) is 12.0. The van der Waals surface area contributed by atoms with E-state index < -0.39 is 6.04 Å². The van der Waals surface area contributed by atoms with Gasteiger partial charge in [-0.2, -0.15) is 0 Å². The Bertz CT molecular complexity index is 363. The van der Waals surface area contributed by atoms with Gasteiger partial charge in [0.1, 0.15) is 6.04 Å². The largest absolute Gasteiger partial charge is 0.350 e. The third kappa shape index (κ3) is 4.13. The Morgan fingerprint density at radius 3 is 2.44 bits per heavy atom. The Morgan fingerprint density at radius 1 is 1.25 bits per heavy atom. The van der Waals surface area contributed by atoms with Gasteiger partial charge in [0.2, 0.25) is 11.8 Å². The standard InChI is InChI=1S/C12H16N2O2/c1-9(14-10(2)15)12(16)13-8-11-6-4-3-5-7-11/h3-7,9H,8H2,1-2H3,(H,13,16)(H,14,15)/t9-/m1/s1. The maximum absolute atomic E-state index is 11.5. The number of nitrogens with one attached hydrogen (secondary N) is 2. The minimum absolute atomic E-state index is 0.181. The zero-order valence-electron chi connectivity index (χ0n) is 9.49. The lowest BCUT2D eigenvalue weighted by atomic mass is 10.2. The van der Waals surface area contributed by atoms with Gasteiger partial charge in [-0.05, 0) is 12.5 Å². The van der Waals surface area contributed by atoms with Crippen LogP contribution in [0.4, 0.5) is 0 Å². The third-order valence-electron chi connectivity index (χ3n) is 2.12.